The van der Waals surface area contributed by atoms with Gasteiger partial charge in [-0.1, -0.05) is 36.4 Å². The highest BCUT2D eigenvalue weighted by molar-refractivity contribution is 7.90. The summed E-state index contributed by atoms with van der Waals surface area (Å²) >= 11 is 1.35. The zero-order chi connectivity index (χ0) is 24.0. The highest BCUT2D eigenvalue weighted by Gasteiger charge is 2.26. The predicted octanol–water partition coefficient (Wildman–Crippen LogP) is 4.00. The molecule has 0 saturated heterocycles. The molecule has 0 atom stereocenters. The standard InChI is InChI=1S/C24H25N3O5S2/c1-31-13-11-27-20(15-25-24(27)34(29,30)18-19-7-3-2-4-8-19)16-26(17-21-9-5-12-32-21)23(28)22-10-6-14-33-22/h2-10,12,14-15H,11,13,16-18H2,1H3. The minimum atomic E-state index is -3.73. The number of thiophene rings is 1. The summed E-state index contributed by atoms with van der Waals surface area (Å²) in [4.78, 5) is 19.7. The summed E-state index contributed by atoms with van der Waals surface area (Å²) in [5.74, 6) is 0.297. The summed E-state index contributed by atoms with van der Waals surface area (Å²) in [5, 5.41) is 1.81. The highest BCUT2D eigenvalue weighted by Crippen LogP contribution is 2.22. The second kappa shape index (κ2) is 10.8. The Morgan fingerprint density at radius 3 is 2.62 bits per heavy atom. The Hall–Kier alpha value is -3.21. The molecule has 0 saturated carbocycles. The lowest BCUT2D eigenvalue weighted by Crippen LogP contribution is -2.31. The average molecular weight is 500 g/mol. The van der Waals surface area contributed by atoms with Crippen LogP contribution in [-0.2, 0) is 40.0 Å². The maximum absolute atomic E-state index is 13.2. The molecule has 0 N–H and O–H groups in total. The van der Waals surface area contributed by atoms with E-state index in [1.807, 2.05) is 17.5 Å². The van der Waals surface area contributed by atoms with Crippen LogP contribution in [0.15, 0.2) is 82.0 Å². The Balaban J connectivity index is 1.66. The van der Waals surface area contributed by atoms with E-state index in [4.69, 9.17) is 9.15 Å². The van der Waals surface area contributed by atoms with Crippen molar-refractivity contribution in [3.63, 3.8) is 0 Å². The number of carbonyl (C=O) groups excluding carboxylic acids is 1. The first-order valence-electron chi connectivity index (χ1n) is 10.6. The number of hydrogen-bond donors (Lipinski definition) is 0. The molecule has 0 bridgehead atoms. The number of benzene rings is 1. The van der Waals surface area contributed by atoms with Gasteiger partial charge in [-0.25, -0.2) is 13.4 Å². The van der Waals surface area contributed by atoms with Crippen LogP contribution in [0.25, 0.3) is 0 Å². The number of hydrogen-bond acceptors (Lipinski definition) is 7. The lowest BCUT2D eigenvalue weighted by molar-refractivity contribution is 0.0717. The molecule has 1 amide bonds. The molecule has 34 heavy (non-hydrogen) atoms. The van der Waals surface area contributed by atoms with Gasteiger partial charge in [0.1, 0.15) is 5.76 Å². The molecule has 0 radical (unpaired) electrons. The Labute approximate surface area is 202 Å². The van der Waals surface area contributed by atoms with Gasteiger partial charge in [0, 0.05) is 13.7 Å². The fourth-order valence-electron chi connectivity index (χ4n) is 3.59. The van der Waals surface area contributed by atoms with E-state index >= 15 is 0 Å². The van der Waals surface area contributed by atoms with E-state index in [1.54, 1.807) is 65.3 Å². The van der Waals surface area contributed by atoms with Gasteiger partial charge in [0.25, 0.3) is 5.91 Å². The lowest BCUT2D eigenvalue weighted by Gasteiger charge is -2.22. The number of imidazole rings is 1. The first-order chi connectivity index (χ1) is 16.5. The SMILES string of the molecule is COCCn1c(CN(Cc2ccco2)C(=O)c2cccs2)cnc1S(=O)(=O)Cc1ccccc1. The predicted molar refractivity (Wildman–Crippen MR) is 128 cm³/mol. The van der Waals surface area contributed by atoms with Crippen molar-refractivity contribution in [3.8, 4) is 0 Å². The Kier molecular flexibility index (Phi) is 7.61. The molecule has 0 fully saturated rings. The number of ether oxygens (including phenoxy) is 1. The number of sulfone groups is 1. The molecule has 0 aliphatic carbocycles. The maximum atomic E-state index is 13.2. The number of methoxy groups -OCH3 is 1. The van der Waals surface area contributed by atoms with Gasteiger partial charge in [0.05, 0.1) is 48.5 Å². The molecule has 1 aromatic carbocycles. The molecule has 0 aliphatic rings. The quantitative estimate of drug-likeness (QED) is 0.310. The van der Waals surface area contributed by atoms with Crippen LogP contribution in [0.3, 0.4) is 0 Å². The molecule has 8 nitrogen and oxygen atoms in total. The van der Waals surface area contributed by atoms with Gasteiger partial charge in [-0.15, -0.1) is 11.3 Å². The Morgan fingerprint density at radius 1 is 1.12 bits per heavy atom. The van der Waals surface area contributed by atoms with Gasteiger partial charge >= 0.3 is 0 Å². The monoisotopic (exact) mass is 499 g/mol. The molecule has 3 aromatic heterocycles. The molecule has 0 aliphatic heterocycles. The average Bonchev–Trinajstić information content (AvgIpc) is 3.59. The molecule has 3 heterocycles. The Morgan fingerprint density at radius 2 is 1.94 bits per heavy atom. The summed E-state index contributed by atoms with van der Waals surface area (Å²) in [6.45, 7) is 0.992. The first-order valence-corrected chi connectivity index (χ1v) is 13.2. The number of carbonyl (C=O) groups is 1. The van der Waals surface area contributed by atoms with Gasteiger partial charge in [-0.2, -0.15) is 0 Å². The largest absolute Gasteiger partial charge is 0.467 e. The van der Waals surface area contributed by atoms with Crippen molar-refractivity contribution in [2.45, 2.75) is 30.5 Å². The maximum Gasteiger partial charge on any atom is 0.264 e. The van der Waals surface area contributed by atoms with Crippen molar-refractivity contribution in [1.82, 2.24) is 14.5 Å². The van der Waals surface area contributed by atoms with Crippen LogP contribution in [0, 0.1) is 0 Å². The lowest BCUT2D eigenvalue weighted by atomic mass is 10.2. The number of nitrogens with zero attached hydrogens (tertiary/aromatic N) is 3. The number of amides is 1. The summed E-state index contributed by atoms with van der Waals surface area (Å²) in [5.41, 5.74) is 1.28. The van der Waals surface area contributed by atoms with E-state index in [0.717, 1.165) is 0 Å². The molecule has 4 aromatic rings. The van der Waals surface area contributed by atoms with Gasteiger partial charge in [0.15, 0.2) is 0 Å². The molecule has 0 unspecified atom stereocenters. The second-order valence-electron chi connectivity index (χ2n) is 7.64. The number of rotatable bonds is 11. The van der Waals surface area contributed by atoms with E-state index in [0.29, 0.717) is 28.5 Å². The number of furan rings is 1. The van der Waals surface area contributed by atoms with Crippen molar-refractivity contribution >= 4 is 27.1 Å². The summed E-state index contributed by atoms with van der Waals surface area (Å²) < 4.78 is 38.8. The van der Waals surface area contributed by atoms with E-state index in [9.17, 15) is 13.2 Å². The molecule has 178 valence electrons. The molecule has 4 rings (SSSR count). The number of aromatic nitrogens is 2. The van der Waals surface area contributed by atoms with Crippen molar-refractivity contribution in [2.24, 2.45) is 0 Å². The Bertz CT molecular complexity index is 1300. The van der Waals surface area contributed by atoms with Crippen molar-refractivity contribution in [3.05, 3.63) is 94.3 Å². The third-order valence-electron chi connectivity index (χ3n) is 5.20. The normalized spacial score (nSPS) is 11.6. The van der Waals surface area contributed by atoms with Crippen LogP contribution in [0.4, 0.5) is 0 Å². The van der Waals surface area contributed by atoms with E-state index in [2.05, 4.69) is 4.98 Å². The van der Waals surface area contributed by atoms with E-state index in [-0.39, 0.29) is 36.5 Å². The summed E-state index contributed by atoms with van der Waals surface area (Å²) in [6.07, 6.45) is 3.07. The van der Waals surface area contributed by atoms with Crippen LogP contribution in [0.2, 0.25) is 0 Å². The highest BCUT2D eigenvalue weighted by atomic mass is 32.2. The smallest absolute Gasteiger partial charge is 0.264 e. The van der Waals surface area contributed by atoms with Gasteiger partial charge in [-0.3, -0.25) is 4.79 Å². The molecular weight excluding hydrogens is 474 g/mol. The van der Waals surface area contributed by atoms with Crippen molar-refractivity contribution in [2.75, 3.05) is 13.7 Å². The minimum absolute atomic E-state index is 0.0371. The third kappa shape index (κ3) is 5.64. The fraction of sp³-hybridized carbons (Fsp3) is 0.250. The second-order valence-corrected chi connectivity index (χ2v) is 10.5. The fourth-order valence-corrected chi connectivity index (χ4v) is 5.80. The molecule has 0 spiro atoms. The topological polar surface area (TPSA) is 94.6 Å². The van der Waals surface area contributed by atoms with Gasteiger partial charge in [0.2, 0.25) is 15.0 Å². The summed E-state index contributed by atoms with van der Waals surface area (Å²) in [7, 11) is -2.17. The van der Waals surface area contributed by atoms with Crippen molar-refractivity contribution in [1.29, 1.82) is 0 Å². The molecular formula is C24H25N3O5S2. The van der Waals surface area contributed by atoms with Crippen LogP contribution in [0.5, 0.6) is 0 Å². The van der Waals surface area contributed by atoms with Gasteiger partial charge < -0.3 is 18.6 Å². The van der Waals surface area contributed by atoms with Crippen LogP contribution in [-0.4, -0.2) is 42.5 Å². The van der Waals surface area contributed by atoms with Crippen molar-refractivity contribution < 1.29 is 22.4 Å². The summed E-state index contributed by atoms with van der Waals surface area (Å²) in [6, 6.07) is 16.1. The van der Waals surface area contributed by atoms with Crippen LogP contribution < -0.4 is 0 Å². The zero-order valence-corrected chi connectivity index (χ0v) is 20.3. The third-order valence-corrected chi connectivity index (χ3v) is 7.65. The molecule has 10 heteroatoms. The first kappa shape index (κ1) is 23.9. The zero-order valence-electron chi connectivity index (χ0n) is 18.7. The van der Waals surface area contributed by atoms with E-state index < -0.39 is 9.84 Å². The van der Waals surface area contributed by atoms with Gasteiger partial charge in [-0.05, 0) is 29.1 Å². The van der Waals surface area contributed by atoms with Crippen LogP contribution >= 0.6 is 11.3 Å². The van der Waals surface area contributed by atoms with Crippen LogP contribution in [0.1, 0.15) is 26.7 Å². The van der Waals surface area contributed by atoms with E-state index in [1.165, 1.54) is 17.5 Å². The minimum Gasteiger partial charge on any atom is -0.467 e.